The minimum absolute atomic E-state index is 0.0931. The molecule has 1 fully saturated rings. The number of rotatable bonds is 4. The number of esters is 1. The van der Waals surface area contributed by atoms with E-state index in [0.29, 0.717) is 0 Å². The standard InChI is InChI=1S/C19H22N4O2S/c1-5-25-19(24)15-9-16(13-7-6-11(2)8-12(13)3)23-17(21-15)14(10-20)18(22-23)26-4/h6-9,14,17-18,22H,5H2,1-4H3. The van der Waals surface area contributed by atoms with Crippen LogP contribution < -0.4 is 5.43 Å². The highest BCUT2D eigenvalue weighted by molar-refractivity contribution is 7.99. The predicted molar refractivity (Wildman–Crippen MR) is 103 cm³/mol. The summed E-state index contributed by atoms with van der Waals surface area (Å²) in [5.74, 6) is -0.831. The van der Waals surface area contributed by atoms with Crippen LogP contribution in [0.5, 0.6) is 0 Å². The molecule has 26 heavy (non-hydrogen) atoms. The topological polar surface area (TPSA) is 77.7 Å². The van der Waals surface area contributed by atoms with Gasteiger partial charge in [-0.1, -0.05) is 23.8 Å². The van der Waals surface area contributed by atoms with Gasteiger partial charge in [-0.2, -0.15) is 5.26 Å². The van der Waals surface area contributed by atoms with Crippen molar-refractivity contribution in [2.24, 2.45) is 10.9 Å². The van der Waals surface area contributed by atoms with Crippen LogP contribution in [0, 0.1) is 31.1 Å². The summed E-state index contributed by atoms with van der Waals surface area (Å²) in [6.45, 7) is 6.13. The molecule has 136 valence electrons. The second kappa shape index (κ2) is 7.52. The molecule has 2 heterocycles. The van der Waals surface area contributed by atoms with Crippen LogP contribution in [0.3, 0.4) is 0 Å². The Kier molecular flexibility index (Phi) is 5.35. The summed E-state index contributed by atoms with van der Waals surface area (Å²) in [6.07, 6.45) is 3.24. The monoisotopic (exact) mass is 370 g/mol. The minimum Gasteiger partial charge on any atom is -0.461 e. The molecular weight excluding hydrogens is 348 g/mol. The molecule has 3 unspecified atom stereocenters. The Labute approximate surface area is 157 Å². The largest absolute Gasteiger partial charge is 0.461 e. The molecule has 0 bridgehead atoms. The van der Waals surface area contributed by atoms with E-state index in [1.807, 2.05) is 37.2 Å². The van der Waals surface area contributed by atoms with Gasteiger partial charge in [0.05, 0.1) is 23.7 Å². The third-order valence-corrected chi connectivity index (χ3v) is 5.43. The van der Waals surface area contributed by atoms with Crippen molar-refractivity contribution in [1.82, 2.24) is 10.4 Å². The lowest BCUT2D eigenvalue weighted by atomic mass is 9.99. The third-order valence-electron chi connectivity index (χ3n) is 4.53. The Bertz CT molecular complexity index is 827. The van der Waals surface area contributed by atoms with Crippen LogP contribution in [0.4, 0.5) is 0 Å². The Morgan fingerprint density at radius 3 is 2.85 bits per heavy atom. The maximum absolute atomic E-state index is 12.3. The minimum atomic E-state index is -0.461. The zero-order chi connectivity index (χ0) is 18.8. The Morgan fingerprint density at radius 2 is 2.23 bits per heavy atom. The van der Waals surface area contributed by atoms with Crippen molar-refractivity contribution in [2.45, 2.75) is 32.3 Å². The quantitative estimate of drug-likeness (QED) is 0.821. The van der Waals surface area contributed by atoms with Gasteiger partial charge in [-0.25, -0.2) is 15.2 Å². The highest BCUT2D eigenvalue weighted by Crippen LogP contribution is 2.37. The SMILES string of the molecule is CCOC(=O)C1=NC2C(C#N)C(SC)NN2C(c2ccc(C)cc2C)=C1. The number of aryl methyl sites for hydroxylation is 2. The highest BCUT2D eigenvalue weighted by atomic mass is 32.2. The van der Waals surface area contributed by atoms with E-state index in [1.54, 1.807) is 24.8 Å². The highest BCUT2D eigenvalue weighted by Gasteiger charge is 2.45. The molecule has 2 aliphatic heterocycles. The molecule has 0 spiro atoms. The number of carbonyl (C=O) groups is 1. The van der Waals surface area contributed by atoms with Crippen LogP contribution in [0.2, 0.25) is 0 Å². The molecule has 3 atom stereocenters. The summed E-state index contributed by atoms with van der Waals surface area (Å²) < 4.78 is 5.14. The van der Waals surface area contributed by atoms with Crippen LogP contribution >= 0.6 is 11.8 Å². The Hall–Kier alpha value is -2.30. The van der Waals surface area contributed by atoms with Gasteiger partial charge in [-0.05, 0) is 38.7 Å². The van der Waals surface area contributed by atoms with Crippen molar-refractivity contribution in [3.8, 4) is 6.07 Å². The Balaban J connectivity index is 2.10. The number of benzene rings is 1. The molecule has 1 aromatic rings. The number of hydrogen-bond acceptors (Lipinski definition) is 7. The fraction of sp³-hybridized carbons (Fsp3) is 0.421. The lowest BCUT2D eigenvalue weighted by molar-refractivity contribution is -0.135. The van der Waals surface area contributed by atoms with Gasteiger partial charge in [-0.15, -0.1) is 11.8 Å². The normalized spacial score (nSPS) is 24.4. The van der Waals surface area contributed by atoms with E-state index in [1.165, 1.54) is 5.56 Å². The number of nitrogens with zero attached hydrogens (tertiary/aromatic N) is 3. The zero-order valence-electron chi connectivity index (χ0n) is 15.3. The summed E-state index contributed by atoms with van der Waals surface area (Å²) >= 11 is 1.57. The lowest BCUT2D eigenvalue weighted by Gasteiger charge is -2.31. The predicted octanol–water partition coefficient (Wildman–Crippen LogP) is 2.64. The smallest absolute Gasteiger partial charge is 0.356 e. The molecule has 6 nitrogen and oxygen atoms in total. The van der Waals surface area contributed by atoms with Crippen LogP contribution in [0.25, 0.3) is 5.70 Å². The summed E-state index contributed by atoms with van der Waals surface area (Å²) in [7, 11) is 0. The van der Waals surface area contributed by atoms with Crippen molar-refractivity contribution < 1.29 is 9.53 Å². The molecule has 0 radical (unpaired) electrons. The first-order valence-electron chi connectivity index (χ1n) is 8.52. The summed E-state index contributed by atoms with van der Waals surface area (Å²) in [5, 5.41) is 11.5. The average molecular weight is 370 g/mol. The molecule has 1 saturated heterocycles. The van der Waals surface area contributed by atoms with Gasteiger partial charge in [0.2, 0.25) is 0 Å². The summed E-state index contributed by atoms with van der Waals surface area (Å²) in [4.78, 5) is 16.9. The average Bonchev–Trinajstić information content (AvgIpc) is 2.99. The third kappa shape index (κ3) is 3.22. The second-order valence-corrected chi connectivity index (χ2v) is 7.29. The van der Waals surface area contributed by atoms with Crippen molar-refractivity contribution in [1.29, 1.82) is 5.26 Å². The first-order chi connectivity index (χ1) is 12.5. The molecule has 1 aromatic carbocycles. The van der Waals surface area contributed by atoms with Gasteiger partial charge in [0.15, 0.2) is 6.17 Å². The van der Waals surface area contributed by atoms with E-state index in [4.69, 9.17) is 4.74 Å². The van der Waals surface area contributed by atoms with E-state index in [0.717, 1.165) is 16.8 Å². The Morgan fingerprint density at radius 1 is 1.46 bits per heavy atom. The molecule has 7 heteroatoms. The number of fused-ring (bicyclic) bond motifs is 1. The first kappa shape index (κ1) is 18.5. The van der Waals surface area contributed by atoms with Crippen LogP contribution in [-0.4, -0.2) is 41.1 Å². The van der Waals surface area contributed by atoms with Crippen molar-refractivity contribution in [2.75, 3.05) is 12.9 Å². The van der Waals surface area contributed by atoms with Gasteiger partial charge in [0, 0.05) is 5.56 Å². The van der Waals surface area contributed by atoms with Crippen molar-refractivity contribution in [3.63, 3.8) is 0 Å². The lowest BCUT2D eigenvalue weighted by Crippen LogP contribution is -2.41. The molecule has 1 N–H and O–H groups in total. The molecule has 2 aliphatic rings. The number of hydrogen-bond donors (Lipinski definition) is 1. The number of nitrogens with one attached hydrogen (secondary N) is 1. The maximum atomic E-state index is 12.3. The number of ether oxygens (including phenoxy) is 1. The fourth-order valence-electron chi connectivity index (χ4n) is 3.30. The second-order valence-electron chi connectivity index (χ2n) is 6.31. The van der Waals surface area contributed by atoms with Gasteiger partial charge in [0.25, 0.3) is 0 Å². The zero-order valence-corrected chi connectivity index (χ0v) is 16.1. The molecule has 3 rings (SSSR count). The van der Waals surface area contributed by atoms with Gasteiger partial charge >= 0.3 is 5.97 Å². The number of aliphatic imine (C=N–C) groups is 1. The first-order valence-corrected chi connectivity index (χ1v) is 9.81. The summed E-state index contributed by atoms with van der Waals surface area (Å²) in [6, 6.07) is 8.52. The van der Waals surface area contributed by atoms with Crippen LogP contribution in [0.1, 0.15) is 23.6 Å². The van der Waals surface area contributed by atoms with Gasteiger partial charge in [-0.3, -0.25) is 5.01 Å². The van der Waals surface area contributed by atoms with Gasteiger partial charge < -0.3 is 4.74 Å². The van der Waals surface area contributed by atoms with E-state index in [9.17, 15) is 10.1 Å². The van der Waals surface area contributed by atoms with E-state index >= 15 is 0 Å². The van der Waals surface area contributed by atoms with Crippen LogP contribution in [0.15, 0.2) is 29.3 Å². The van der Waals surface area contributed by atoms with E-state index in [-0.39, 0.29) is 23.6 Å². The molecule has 0 aromatic heterocycles. The van der Waals surface area contributed by atoms with E-state index < -0.39 is 12.1 Å². The van der Waals surface area contributed by atoms with E-state index in [2.05, 4.69) is 22.6 Å². The number of hydrazine groups is 1. The molecule has 0 aliphatic carbocycles. The maximum Gasteiger partial charge on any atom is 0.356 e. The molecular formula is C19H22N4O2S. The summed E-state index contributed by atoms with van der Waals surface area (Å²) in [5.41, 5.74) is 7.74. The number of carbonyl (C=O) groups excluding carboxylic acids is 1. The van der Waals surface area contributed by atoms with Crippen molar-refractivity contribution in [3.05, 3.63) is 41.0 Å². The van der Waals surface area contributed by atoms with Gasteiger partial charge in [0.1, 0.15) is 11.6 Å². The number of thioether (sulfide) groups is 1. The fourth-order valence-corrected chi connectivity index (χ4v) is 4.01. The molecule has 0 amide bonds. The van der Waals surface area contributed by atoms with Crippen molar-refractivity contribution >= 4 is 29.1 Å². The number of nitriles is 1. The van der Waals surface area contributed by atoms with Crippen LogP contribution in [-0.2, 0) is 9.53 Å². The molecule has 0 saturated carbocycles.